The lowest BCUT2D eigenvalue weighted by atomic mass is 10.2. The predicted octanol–water partition coefficient (Wildman–Crippen LogP) is 2.88. The summed E-state index contributed by atoms with van der Waals surface area (Å²) in [6.45, 7) is 0.970. The SMILES string of the molecule is CCOCC(F)(F)COCc1ccccc1. The fraction of sp³-hybridized carbons (Fsp3) is 0.500. The van der Waals surface area contributed by atoms with E-state index in [9.17, 15) is 8.78 Å². The Morgan fingerprint density at radius 2 is 1.69 bits per heavy atom. The van der Waals surface area contributed by atoms with Gasteiger partial charge in [0.05, 0.1) is 6.61 Å². The van der Waals surface area contributed by atoms with Crippen molar-refractivity contribution in [3.63, 3.8) is 0 Å². The lowest BCUT2D eigenvalue weighted by Gasteiger charge is -2.16. The van der Waals surface area contributed by atoms with Gasteiger partial charge in [-0.25, -0.2) is 8.78 Å². The monoisotopic (exact) mass is 230 g/mol. The second-order valence-corrected chi connectivity index (χ2v) is 3.47. The first kappa shape index (κ1) is 13.1. The van der Waals surface area contributed by atoms with Crippen LogP contribution in [0.4, 0.5) is 8.78 Å². The highest BCUT2D eigenvalue weighted by molar-refractivity contribution is 5.13. The van der Waals surface area contributed by atoms with Crippen LogP contribution in [0.3, 0.4) is 0 Å². The first-order chi connectivity index (χ1) is 7.64. The number of halogens is 2. The van der Waals surface area contributed by atoms with Gasteiger partial charge in [0.25, 0.3) is 5.92 Å². The van der Waals surface area contributed by atoms with Crippen LogP contribution in [0.1, 0.15) is 12.5 Å². The maximum absolute atomic E-state index is 13.1. The molecule has 0 N–H and O–H groups in total. The normalized spacial score (nSPS) is 11.7. The molecule has 0 heterocycles. The second kappa shape index (κ2) is 6.55. The Morgan fingerprint density at radius 3 is 2.31 bits per heavy atom. The molecule has 16 heavy (non-hydrogen) atoms. The summed E-state index contributed by atoms with van der Waals surface area (Å²) in [4.78, 5) is 0. The van der Waals surface area contributed by atoms with Gasteiger partial charge >= 0.3 is 0 Å². The molecule has 0 aromatic heterocycles. The molecule has 1 aromatic carbocycles. The largest absolute Gasteiger partial charge is 0.375 e. The predicted molar refractivity (Wildman–Crippen MR) is 57.5 cm³/mol. The zero-order chi connectivity index (χ0) is 11.9. The van der Waals surface area contributed by atoms with Crippen LogP contribution < -0.4 is 0 Å². The molecule has 0 radical (unpaired) electrons. The first-order valence-corrected chi connectivity index (χ1v) is 5.21. The lowest BCUT2D eigenvalue weighted by molar-refractivity contribution is -0.125. The van der Waals surface area contributed by atoms with Crippen LogP contribution in [0.25, 0.3) is 0 Å². The number of hydrogen-bond donors (Lipinski definition) is 0. The Kier molecular flexibility index (Phi) is 5.35. The van der Waals surface area contributed by atoms with Crippen LogP contribution in [0.2, 0.25) is 0 Å². The molecule has 0 bridgehead atoms. The maximum Gasteiger partial charge on any atom is 0.293 e. The van der Waals surface area contributed by atoms with Crippen LogP contribution in [0.5, 0.6) is 0 Å². The Labute approximate surface area is 94.2 Å². The number of benzene rings is 1. The van der Waals surface area contributed by atoms with Crippen LogP contribution >= 0.6 is 0 Å². The quantitative estimate of drug-likeness (QED) is 0.717. The molecule has 0 amide bonds. The highest BCUT2D eigenvalue weighted by Crippen LogP contribution is 2.15. The van der Waals surface area contributed by atoms with Crippen LogP contribution in [0, 0.1) is 0 Å². The molecule has 0 saturated heterocycles. The Hall–Kier alpha value is -1.00. The van der Waals surface area contributed by atoms with E-state index in [4.69, 9.17) is 4.74 Å². The van der Waals surface area contributed by atoms with E-state index in [1.807, 2.05) is 30.3 Å². The third-order valence-corrected chi connectivity index (χ3v) is 1.94. The van der Waals surface area contributed by atoms with E-state index in [2.05, 4.69) is 4.74 Å². The van der Waals surface area contributed by atoms with Crippen molar-refractivity contribution in [1.29, 1.82) is 0 Å². The molecule has 0 aliphatic rings. The van der Waals surface area contributed by atoms with Crippen molar-refractivity contribution in [2.45, 2.75) is 19.5 Å². The minimum Gasteiger partial charge on any atom is -0.375 e. The van der Waals surface area contributed by atoms with Gasteiger partial charge in [0, 0.05) is 6.61 Å². The van der Waals surface area contributed by atoms with E-state index < -0.39 is 19.1 Å². The van der Waals surface area contributed by atoms with Crippen LogP contribution in [-0.2, 0) is 16.1 Å². The van der Waals surface area contributed by atoms with Gasteiger partial charge in [-0.2, -0.15) is 0 Å². The molecule has 1 aromatic rings. The average Bonchev–Trinajstić information content (AvgIpc) is 2.28. The topological polar surface area (TPSA) is 18.5 Å². The molecule has 0 atom stereocenters. The second-order valence-electron chi connectivity index (χ2n) is 3.47. The Morgan fingerprint density at radius 1 is 1.06 bits per heavy atom. The third kappa shape index (κ3) is 5.19. The first-order valence-electron chi connectivity index (χ1n) is 5.21. The molecule has 2 nitrogen and oxygen atoms in total. The van der Waals surface area contributed by atoms with Gasteiger partial charge in [-0.1, -0.05) is 30.3 Å². The van der Waals surface area contributed by atoms with Crippen molar-refractivity contribution in [1.82, 2.24) is 0 Å². The van der Waals surface area contributed by atoms with Gasteiger partial charge in [0.2, 0.25) is 0 Å². The van der Waals surface area contributed by atoms with Gasteiger partial charge in [-0.05, 0) is 12.5 Å². The highest BCUT2D eigenvalue weighted by Gasteiger charge is 2.29. The minimum absolute atomic E-state index is 0.197. The van der Waals surface area contributed by atoms with E-state index in [-0.39, 0.29) is 13.2 Å². The van der Waals surface area contributed by atoms with E-state index >= 15 is 0 Å². The lowest BCUT2D eigenvalue weighted by Crippen LogP contribution is -2.29. The summed E-state index contributed by atoms with van der Waals surface area (Å²) in [6, 6.07) is 9.22. The molecular weight excluding hydrogens is 214 g/mol. The molecule has 0 aliphatic heterocycles. The Balaban J connectivity index is 2.24. The van der Waals surface area contributed by atoms with Crippen molar-refractivity contribution in [3.05, 3.63) is 35.9 Å². The maximum atomic E-state index is 13.1. The molecule has 90 valence electrons. The minimum atomic E-state index is -2.91. The molecular formula is C12H16F2O2. The van der Waals surface area contributed by atoms with Gasteiger partial charge in [0.15, 0.2) is 0 Å². The summed E-state index contributed by atoms with van der Waals surface area (Å²) in [5, 5.41) is 0. The zero-order valence-electron chi connectivity index (χ0n) is 9.29. The van der Waals surface area contributed by atoms with Gasteiger partial charge in [0.1, 0.15) is 13.2 Å². The van der Waals surface area contributed by atoms with Gasteiger partial charge in [-0.3, -0.25) is 0 Å². The van der Waals surface area contributed by atoms with E-state index in [1.54, 1.807) is 6.92 Å². The molecule has 0 aliphatic carbocycles. The van der Waals surface area contributed by atoms with Gasteiger partial charge in [-0.15, -0.1) is 0 Å². The van der Waals surface area contributed by atoms with Gasteiger partial charge < -0.3 is 9.47 Å². The molecule has 4 heteroatoms. The van der Waals surface area contributed by atoms with Crippen LogP contribution in [-0.4, -0.2) is 25.7 Å². The molecule has 1 rings (SSSR count). The average molecular weight is 230 g/mol. The molecule has 0 fully saturated rings. The van der Waals surface area contributed by atoms with Crippen molar-refractivity contribution >= 4 is 0 Å². The van der Waals surface area contributed by atoms with Crippen molar-refractivity contribution < 1.29 is 18.3 Å². The summed E-state index contributed by atoms with van der Waals surface area (Å²) >= 11 is 0. The van der Waals surface area contributed by atoms with Crippen molar-refractivity contribution in [2.75, 3.05) is 19.8 Å². The number of rotatable bonds is 7. The summed E-state index contributed by atoms with van der Waals surface area (Å²) in [6.07, 6.45) is 0. The van der Waals surface area contributed by atoms with E-state index in [1.165, 1.54) is 0 Å². The van der Waals surface area contributed by atoms with Crippen LogP contribution in [0.15, 0.2) is 30.3 Å². The number of ether oxygens (including phenoxy) is 2. The number of alkyl halides is 2. The molecule has 0 spiro atoms. The molecule has 0 saturated carbocycles. The third-order valence-electron chi connectivity index (χ3n) is 1.94. The van der Waals surface area contributed by atoms with E-state index in [0.29, 0.717) is 0 Å². The Bertz CT molecular complexity index is 288. The summed E-state index contributed by atoms with van der Waals surface area (Å²) in [5.74, 6) is -2.91. The zero-order valence-corrected chi connectivity index (χ0v) is 9.29. The standard InChI is InChI=1S/C12H16F2O2/c1-2-15-9-12(13,14)10-16-8-11-6-4-3-5-7-11/h3-7H,2,8-10H2,1H3. The van der Waals surface area contributed by atoms with E-state index in [0.717, 1.165) is 5.56 Å². The summed E-state index contributed by atoms with van der Waals surface area (Å²) < 4.78 is 35.7. The van der Waals surface area contributed by atoms with Crippen molar-refractivity contribution in [3.8, 4) is 0 Å². The van der Waals surface area contributed by atoms with Crippen molar-refractivity contribution in [2.24, 2.45) is 0 Å². The molecule has 0 unspecified atom stereocenters. The highest BCUT2D eigenvalue weighted by atomic mass is 19.3. The summed E-state index contributed by atoms with van der Waals surface area (Å²) in [7, 11) is 0. The summed E-state index contributed by atoms with van der Waals surface area (Å²) in [5.41, 5.74) is 0.884. The fourth-order valence-corrected chi connectivity index (χ4v) is 1.19. The fourth-order valence-electron chi connectivity index (χ4n) is 1.19. The smallest absolute Gasteiger partial charge is 0.293 e. The number of hydrogen-bond acceptors (Lipinski definition) is 2.